The molecule has 16 heavy (non-hydrogen) atoms. The lowest BCUT2D eigenvalue weighted by molar-refractivity contribution is -0.135. The van der Waals surface area contributed by atoms with Crippen molar-refractivity contribution in [2.75, 3.05) is 19.5 Å². The first-order valence-corrected chi connectivity index (χ1v) is 6.05. The molecule has 0 N–H and O–H groups in total. The van der Waals surface area contributed by atoms with Gasteiger partial charge < -0.3 is 9.47 Å². The highest BCUT2D eigenvalue weighted by Crippen LogP contribution is 2.35. The van der Waals surface area contributed by atoms with Crippen molar-refractivity contribution in [3.63, 3.8) is 0 Å². The molecule has 1 aliphatic heterocycles. The summed E-state index contributed by atoms with van der Waals surface area (Å²) in [6, 6.07) is 3.83. The Morgan fingerprint density at radius 1 is 1.81 bits per heavy atom. The molecule has 1 aromatic heterocycles. The Hall–Kier alpha value is -1.07. The van der Waals surface area contributed by atoms with Crippen molar-refractivity contribution in [2.24, 2.45) is 4.99 Å². The minimum Gasteiger partial charge on any atom is -0.462 e. The normalized spacial score (nSPS) is 23.8. The highest BCUT2D eigenvalue weighted by atomic mass is 35.5. The third-order valence-corrected chi connectivity index (χ3v) is 3.80. The van der Waals surface area contributed by atoms with Crippen LogP contribution in [0.2, 0.25) is 0 Å². The number of esters is 1. The van der Waals surface area contributed by atoms with Gasteiger partial charge >= 0.3 is 5.97 Å². The van der Waals surface area contributed by atoms with Gasteiger partial charge in [0.2, 0.25) is 0 Å². The first-order chi connectivity index (χ1) is 7.72. The Kier molecular flexibility index (Phi) is 3.16. The van der Waals surface area contributed by atoms with Crippen LogP contribution >= 0.6 is 22.9 Å². The van der Waals surface area contributed by atoms with E-state index in [4.69, 9.17) is 16.3 Å². The van der Waals surface area contributed by atoms with Crippen LogP contribution in [0.1, 0.15) is 4.88 Å². The number of hydrogen-bond donors (Lipinski definition) is 0. The van der Waals surface area contributed by atoms with Crippen molar-refractivity contribution in [1.82, 2.24) is 0 Å². The van der Waals surface area contributed by atoms with E-state index in [2.05, 4.69) is 9.73 Å². The van der Waals surface area contributed by atoms with Gasteiger partial charge in [-0.1, -0.05) is 6.07 Å². The van der Waals surface area contributed by atoms with Crippen LogP contribution in [0.5, 0.6) is 0 Å². The maximum absolute atomic E-state index is 11.3. The quantitative estimate of drug-likeness (QED) is 0.614. The average Bonchev–Trinajstić information content (AvgIpc) is 2.97. The number of halogens is 1. The number of hydrogen-bond acceptors (Lipinski definition) is 5. The van der Waals surface area contributed by atoms with Gasteiger partial charge in [-0.25, -0.2) is 9.79 Å². The van der Waals surface area contributed by atoms with E-state index in [1.54, 1.807) is 0 Å². The van der Waals surface area contributed by atoms with Crippen LogP contribution in [-0.4, -0.2) is 31.4 Å². The van der Waals surface area contributed by atoms with Crippen LogP contribution in [0.25, 0.3) is 0 Å². The summed E-state index contributed by atoms with van der Waals surface area (Å²) in [5, 5.41) is 1.93. The molecule has 2 rings (SSSR count). The zero-order valence-electron chi connectivity index (χ0n) is 8.60. The van der Waals surface area contributed by atoms with Crippen molar-refractivity contribution in [2.45, 2.75) is 5.60 Å². The average molecular weight is 260 g/mol. The number of carbonyl (C=O) groups excluding carboxylic acids is 1. The van der Waals surface area contributed by atoms with Crippen molar-refractivity contribution < 1.29 is 14.3 Å². The van der Waals surface area contributed by atoms with Gasteiger partial charge in [0.1, 0.15) is 0 Å². The van der Waals surface area contributed by atoms with Gasteiger partial charge in [-0.3, -0.25) is 0 Å². The van der Waals surface area contributed by atoms with Crippen LogP contribution < -0.4 is 0 Å². The van der Waals surface area contributed by atoms with Crippen molar-refractivity contribution in [1.29, 1.82) is 0 Å². The Bertz CT molecular complexity index is 418. The molecule has 1 unspecified atom stereocenters. The third-order valence-electron chi connectivity index (χ3n) is 2.32. The van der Waals surface area contributed by atoms with Crippen molar-refractivity contribution >= 4 is 34.8 Å². The fraction of sp³-hybridized carbons (Fsp3) is 0.400. The van der Waals surface area contributed by atoms with Crippen LogP contribution in [0.3, 0.4) is 0 Å². The summed E-state index contributed by atoms with van der Waals surface area (Å²) in [6.07, 6.45) is 0. The molecule has 0 radical (unpaired) electrons. The molecule has 0 spiro atoms. The number of ether oxygens (including phenoxy) is 2. The summed E-state index contributed by atoms with van der Waals surface area (Å²) in [4.78, 5) is 16.3. The summed E-state index contributed by atoms with van der Waals surface area (Å²) in [6.45, 7) is 0.349. The molecule has 86 valence electrons. The molecular formula is C10H10ClNO3S. The minimum atomic E-state index is -0.709. The lowest BCUT2D eigenvalue weighted by Gasteiger charge is -2.23. The first-order valence-electron chi connectivity index (χ1n) is 4.63. The Morgan fingerprint density at radius 2 is 2.62 bits per heavy atom. The second kappa shape index (κ2) is 4.43. The Labute approximate surface area is 102 Å². The predicted octanol–water partition coefficient (Wildman–Crippen LogP) is 1.78. The first kappa shape index (κ1) is 11.4. The van der Waals surface area contributed by atoms with Crippen LogP contribution in [0, 0.1) is 0 Å². The van der Waals surface area contributed by atoms with E-state index in [0.717, 1.165) is 4.88 Å². The van der Waals surface area contributed by atoms with Crippen molar-refractivity contribution in [3.8, 4) is 0 Å². The van der Waals surface area contributed by atoms with E-state index >= 15 is 0 Å². The Morgan fingerprint density at radius 3 is 3.19 bits per heavy atom. The molecule has 0 fully saturated rings. The van der Waals surface area contributed by atoms with Gasteiger partial charge in [-0.05, 0) is 11.4 Å². The number of aliphatic imine (C=N–C) groups is 1. The zero-order valence-corrected chi connectivity index (χ0v) is 10.2. The largest absolute Gasteiger partial charge is 0.462 e. The topological polar surface area (TPSA) is 47.9 Å². The van der Waals surface area contributed by atoms with E-state index in [0.29, 0.717) is 6.54 Å². The molecule has 0 aliphatic carbocycles. The molecular weight excluding hydrogens is 250 g/mol. The second-order valence-corrected chi connectivity index (χ2v) is 4.54. The molecule has 2 heterocycles. The zero-order chi connectivity index (χ0) is 11.6. The fourth-order valence-corrected chi connectivity index (χ4v) is 2.66. The lowest BCUT2D eigenvalue weighted by Crippen LogP contribution is -2.33. The standard InChI is InChI=1S/C10H10ClNO3S/c1-14-9(13)8-12-6-10(5-11,15-8)7-3-2-4-16-7/h2-4H,5-6H2,1H3. The number of nitrogens with zero attached hydrogens (tertiary/aromatic N) is 1. The summed E-state index contributed by atoms with van der Waals surface area (Å²) in [5.41, 5.74) is -0.709. The van der Waals surface area contributed by atoms with Gasteiger partial charge in [0.05, 0.1) is 24.4 Å². The number of methoxy groups -OCH3 is 1. The van der Waals surface area contributed by atoms with Crippen LogP contribution in [0.4, 0.5) is 0 Å². The molecule has 1 aromatic rings. The molecule has 4 nitrogen and oxygen atoms in total. The van der Waals surface area contributed by atoms with Crippen LogP contribution in [-0.2, 0) is 19.9 Å². The maximum atomic E-state index is 11.3. The monoisotopic (exact) mass is 259 g/mol. The van der Waals surface area contributed by atoms with Crippen LogP contribution in [0.15, 0.2) is 22.5 Å². The molecule has 0 bridgehead atoms. The van der Waals surface area contributed by atoms with E-state index in [9.17, 15) is 4.79 Å². The molecule has 0 saturated heterocycles. The highest BCUT2D eigenvalue weighted by Gasteiger charge is 2.42. The van der Waals surface area contributed by atoms with Gasteiger partial charge in [-0.2, -0.15) is 0 Å². The summed E-state index contributed by atoms with van der Waals surface area (Å²) in [5.74, 6) is -0.322. The van der Waals surface area contributed by atoms with E-state index in [-0.39, 0.29) is 11.8 Å². The smallest absolute Gasteiger partial charge is 0.393 e. The summed E-state index contributed by atoms with van der Waals surface area (Å²) in [7, 11) is 1.29. The van der Waals surface area contributed by atoms with E-state index in [1.807, 2.05) is 17.5 Å². The van der Waals surface area contributed by atoms with Gasteiger partial charge in [0.15, 0.2) is 5.60 Å². The lowest BCUT2D eigenvalue weighted by atomic mass is 10.1. The maximum Gasteiger partial charge on any atom is 0.393 e. The number of rotatable bonds is 3. The third kappa shape index (κ3) is 1.81. The van der Waals surface area contributed by atoms with E-state index < -0.39 is 11.6 Å². The molecule has 0 aromatic carbocycles. The van der Waals surface area contributed by atoms with Crippen molar-refractivity contribution in [3.05, 3.63) is 22.4 Å². The van der Waals surface area contributed by atoms with Gasteiger partial charge in [-0.15, -0.1) is 22.9 Å². The molecule has 0 saturated carbocycles. The summed E-state index contributed by atoms with van der Waals surface area (Å²) >= 11 is 7.46. The molecule has 6 heteroatoms. The molecule has 1 aliphatic rings. The van der Waals surface area contributed by atoms with Gasteiger partial charge in [0, 0.05) is 0 Å². The molecule has 1 atom stereocenters. The number of thiophene rings is 1. The second-order valence-electron chi connectivity index (χ2n) is 3.32. The number of alkyl halides is 1. The summed E-state index contributed by atoms with van der Waals surface area (Å²) < 4.78 is 10.1. The Balaban J connectivity index is 2.21. The van der Waals surface area contributed by atoms with E-state index in [1.165, 1.54) is 18.4 Å². The highest BCUT2D eigenvalue weighted by molar-refractivity contribution is 7.10. The SMILES string of the molecule is COC(=O)C1=NCC(CCl)(c2cccs2)O1. The number of carbonyl (C=O) groups is 1. The minimum absolute atomic E-state index is 0.00319. The molecule has 0 amide bonds. The van der Waals surface area contributed by atoms with Gasteiger partial charge in [0.25, 0.3) is 5.90 Å². The predicted molar refractivity (Wildman–Crippen MR) is 62.1 cm³/mol. The fourth-order valence-electron chi connectivity index (χ4n) is 1.44.